The number of carbonyl (C=O) groups excluding carboxylic acids is 1. The van der Waals surface area contributed by atoms with Crippen molar-refractivity contribution in [3.63, 3.8) is 0 Å². The third-order valence-electron chi connectivity index (χ3n) is 3.55. The molecule has 1 aliphatic rings. The van der Waals surface area contributed by atoms with Gasteiger partial charge >= 0.3 is 0 Å². The SMILES string of the molecule is O=C(NCc1cn(CC2=CCCC2)nn1)c1ccccc1. The van der Waals surface area contributed by atoms with Crippen LogP contribution in [0.2, 0.25) is 0 Å². The number of rotatable bonds is 5. The fourth-order valence-electron chi connectivity index (χ4n) is 2.45. The topological polar surface area (TPSA) is 59.8 Å². The monoisotopic (exact) mass is 282 g/mol. The first-order valence-electron chi connectivity index (χ1n) is 7.21. The Balaban J connectivity index is 1.54. The van der Waals surface area contributed by atoms with Gasteiger partial charge in [0.25, 0.3) is 5.91 Å². The molecule has 108 valence electrons. The van der Waals surface area contributed by atoms with Crippen molar-refractivity contribution in [2.45, 2.75) is 32.4 Å². The first kappa shape index (κ1) is 13.5. The average molecular weight is 282 g/mol. The minimum Gasteiger partial charge on any atom is -0.346 e. The second-order valence-corrected chi connectivity index (χ2v) is 5.21. The standard InChI is InChI=1S/C16H18N4O/c21-16(14-8-2-1-3-9-14)17-10-15-12-20(19-18-15)11-13-6-4-5-7-13/h1-3,6,8-9,12H,4-5,7,10-11H2,(H,17,21). The van der Waals surface area contributed by atoms with Crippen LogP contribution in [0.15, 0.2) is 48.2 Å². The molecular weight excluding hydrogens is 264 g/mol. The molecule has 1 N–H and O–H groups in total. The van der Waals surface area contributed by atoms with Crippen molar-refractivity contribution < 1.29 is 4.79 Å². The van der Waals surface area contributed by atoms with Crippen LogP contribution in [-0.4, -0.2) is 20.9 Å². The summed E-state index contributed by atoms with van der Waals surface area (Å²) in [5.74, 6) is -0.0938. The van der Waals surface area contributed by atoms with E-state index in [4.69, 9.17) is 0 Å². The van der Waals surface area contributed by atoms with Gasteiger partial charge in [-0.2, -0.15) is 0 Å². The van der Waals surface area contributed by atoms with Gasteiger partial charge in [0.2, 0.25) is 0 Å². The summed E-state index contributed by atoms with van der Waals surface area (Å²) in [5.41, 5.74) is 2.85. The molecule has 0 atom stereocenters. The number of amides is 1. The average Bonchev–Trinajstić information content (AvgIpc) is 3.18. The molecule has 1 aliphatic carbocycles. The highest BCUT2D eigenvalue weighted by Crippen LogP contribution is 2.18. The van der Waals surface area contributed by atoms with Crippen LogP contribution in [0.3, 0.4) is 0 Å². The first-order valence-corrected chi connectivity index (χ1v) is 7.21. The van der Waals surface area contributed by atoms with Crippen molar-refractivity contribution >= 4 is 5.91 Å². The van der Waals surface area contributed by atoms with Crippen molar-refractivity contribution in [1.29, 1.82) is 0 Å². The molecule has 5 nitrogen and oxygen atoms in total. The Hall–Kier alpha value is -2.43. The molecule has 1 aromatic carbocycles. The second kappa shape index (κ2) is 6.35. The summed E-state index contributed by atoms with van der Waals surface area (Å²) in [6.07, 6.45) is 7.73. The zero-order chi connectivity index (χ0) is 14.5. The Morgan fingerprint density at radius 1 is 1.29 bits per heavy atom. The lowest BCUT2D eigenvalue weighted by molar-refractivity contribution is 0.0950. The molecule has 0 bridgehead atoms. The lowest BCUT2D eigenvalue weighted by atomic mass is 10.2. The normalized spacial score (nSPS) is 14.0. The second-order valence-electron chi connectivity index (χ2n) is 5.21. The Bertz CT molecular complexity index is 645. The largest absolute Gasteiger partial charge is 0.346 e. The molecule has 1 heterocycles. The maximum absolute atomic E-state index is 11.9. The van der Waals surface area contributed by atoms with Crippen LogP contribution in [0.25, 0.3) is 0 Å². The Morgan fingerprint density at radius 3 is 2.90 bits per heavy atom. The Labute approximate surface area is 123 Å². The van der Waals surface area contributed by atoms with Gasteiger partial charge in [-0.25, -0.2) is 4.68 Å². The zero-order valence-electron chi connectivity index (χ0n) is 11.8. The van der Waals surface area contributed by atoms with Gasteiger partial charge in [-0.15, -0.1) is 5.10 Å². The van der Waals surface area contributed by atoms with E-state index >= 15 is 0 Å². The van der Waals surface area contributed by atoms with E-state index in [0.29, 0.717) is 12.1 Å². The van der Waals surface area contributed by atoms with Crippen molar-refractivity contribution in [3.8, 4) is 0 Å². The van der Waals surface area contributed by atoms with Gasteiger partial charge in [-0.3, -0.25) is 4.79 Å². The van der Waals surface area contributed by atoms with Crippen LogP contribution in [-0.2, 0) is 13.1 Å². The predicted octanol–water partition coefficient (Wildman–Crippen LogP) is 2.32. The first-order chi connectivity index (χ1) is 10.3. The van der Waals surface area contributed by atoms with Crippen LogP contribution >= 0.6 is 0 Å². The van der Waals surface area contributed by atoms with E-state index in [0.717, 1.165) is 18.7 Å². The molecule has 0 spiro atoms. The summed E-state index contributed by atoms with van der Waals surface area (Å²) in [6, 6.07) is 9.17. The van der Waals surface area contributed by atoms with Crippen LogP contribution in [0.1, 0.15) is 35.3 Å². The van der Waals surface area contributed by atoms with Crippen LogP contribution in [0, 0.1) is 0 Å². The number of aromatic nitrogens is 3. The predicted molar refractivity (Wildman–Crippen MR) is 79.6 cm³/mol. The number of benzene rings is 1. The lowest BCUT2D eigenvalue weighted by Gasteiger charge is -2.02. The van der Waals surface area contributed by atoms with Gasteiger partial charge in [0.15, 0.2) is 0 Å². The fourth-order valence-corrected chi connectivity index (χ4v) is 2.45. The molecule has 21 heavy (non-hydrogen) atoms. The van der Waals surface area contributed by atoms with E-state index in [9.17, 15) is 4.79 Å². The van der Waals surface area contributed by atoms with Gasteiger partial charge in [-0.1, -0.05) is 35.1 Å². The molecule has 0 fully saturated rings. The van der Waals surface area contributed by atoms with E-state index in [1.165, 1.54) is 18.4 Å². The number of nitrogens with zero attached hydrogens (tertiary/aromatic N) is 3. The van der Waals surface area contributed by atoms with Gasteiger partial charge < -0.3 is 5.32 Å². The number of hydrogen-bond acceptors (Lipinski definition) is 3. The van der Waals surface area contributed by atoms with Gasteiger partial charge in [0.05, 0.1) is 19.3 Å². The van der Waals surface area contributed by atoms with Crippen LogP contribution in [0.4, 0.5) is 0 Å². The van der Waals surface area contributed by atoms with E-state index in [-0.39, 0.29) is 5.91 Å². The number of hydrogen-bond donors (Lipinski definition) is 1. The number of nitrogens with one attached hydrogen (secondary N) is 1. The van der Waals surface area contributed by atoms with E-state index < -0.39 is 0 Å². The molecule has 3 rings (SSSR count). The highest BCUT2D eigenvalue weighted by Gasteiger charge is 2.09. The summed E-state index contributed by atoms with van der Waals surface area (Å²) in [6.45, 7) is 1.20. The smallest absolute Gasteiger partial charge is 0.251 e. The number of carbonyl (C=O) groups is 1. The van der Waals surface area contributed by atoms with E-state index in [1.807, 2.05) is 29.1 Å². The van der Waals surface area contributed by atoms with Crippen LogP contribution < -0.4 is 5.32 Å². The molecule has 0 saturated heterocycles. The fraction of sp³-hybridized carbons (Fsp3) is 0.312. The quantitative estimate of drug-likeness (QED) is 0.856. The van der Waals surface area contributed by atoms with Gasteiger partial charge in [0, 0.05) is 5.56 Å². The summed E-state index contributed by atoms with van der Waals surface area (Å²) >= 11 is 0. The van der Waals surface area contributed by atoms with Crippen molar-refractivity contribution in [2.24, 2.45) is 0 Å². The molecule has 1 amide bonds. The third kappa shape index (κ3) is 3.56. The molecule has 0 unspecified atom stereocenters. The molecule has 0 radical (unpaired) electrons. The Kier molecular flexibility index (Phi) is 4.09. The van der Waals surface area contributed by atoms with Crippen LogP contribution in [0.5, 0.6) is 0 Å². The van der Waals surface area contributed by atoms with Crippen molar-refractivity contribution in [1.82, 2.24) is 20.3 Å². The van der Waals surface area contributed by atoms with E-state index in [2.05, 4.69) is 21.7 Å². The summed E-state index contributed by atoms with van der Waals surface area (Å²) < 4.78 is 1.83. The lowest BCUT2D eigenvalue weighted by Crippen LogP contribution is -2.22. The molecule has 1 aromatic heterocycles. The molecule has 0 aliphatic heterocycles. The third-order valence-corrected chi connectivity index (χ3v) is 3.55. The highest BCUT2D eigenvalue weighted by molar-refractivity contribution is 5.93. The molecule has 0 saturated carbocycles. The Morgan fingerprint density at radius 2 is 2.14 bits per heavy atom. The minimum atomic E-state index is -0.0938. The van der Waals surface area contributed by atoms with Gasteiger partial charge in [-0.05, 0) is 31.4 Å². The highest BCUT2D eigenvalue weighted by atomic mass is 16.1. The minimum absolute atomic E-state index is 0.0938. The maximum Gasteiger partial charge on any atom is 0.251 e. The van der Waals surface area contributed by atoms with E-state index in [1.54, 1.807) is 12.1 Å². The molecular formula is C16H18N4O. The molecule has 5 heteroatoms. The van der Waals surface area contributed by atoms with Crippen molar-refractivity contribution in [2.75, 3.05) is 0 Å². The summed E-state index contributed by atoms with van der Waals surface area (Å²) in [7, 11) is 0. The molecule has 2 aromatic rings. The maximum atomic E-state index is 11.9. The zero-order valence-corrected chi connectivity index (χ0v) is 11.8. The summed E-state index contributed by atoms with van der Waals surface area (Å²) in [4.78, 5) is 11.9. The summed E-state index contributed by atoms with van der Waals surface area (Å²) in [5, 5.41) is 11.1. The number of allylic oxidation sites excluding steroid dienone is 2. The van der Waals surface area contributed by atoms with Gasteiger partial charge in [0.1, 0.15) is 5.69 Å². The van der Waals surface area contributed by atoms with Crippen molar-refractivity contribution in [3.05, 3.63) is 59.4 Å².